The summed E-state index contributed by atoms with van der Waals surface area (Å²) in [6.07, 6.45) is 1.08. The molecule has 112 valence electrons. The second-order valence-corrected chi connectivity index (χ2v) is 5.10. The molecule has 0 radical (unpaired) electrons. The van der Waals surface area contributed by atoms with E-state index < -0.39 is 0 Å². The number of hydrogen-bond acceptors (Lipinski definition) is 3. The highest BCUT2D eigenvalue weighted by Crippen LogP contribution is 2.13. The summed E-state index contributed by atoms with van der Waals surface area (Å²) >= 11 is 0. The average molecular weight is 294 g/mol. The SMILES string of the molecule is CC(C)O/C(=C\C(=O)c1ccccc1)C(=O)c1ccccc1. The summed E-state index contributed by atoms with van der Waals surface area (Å²) in [5, 5.41) is 0. The van der Waals surface area contributed by atoms with E-state index in [4.69, 9.17) is 4.74 Å². The van der Waals surface area contributed by atoms with Crippen molar-refractivity contribution in [2.45, 2.75) is 20.0 Å². The van der Waals surface area contributed by atoms with E-state index in [1.165, 1.54) is 6.08 Å². The fraction of sp³-hybridized carbons (Fsp3) is 0.158. The Morgan fingerprint density at radius 2 is 1.36 bits per heavy atom. The minimum absolute atomic E-state index is 0.0649. The third-order valence-corrected chi connectivity index (χ3v) is 2.94. The lowest BCUT2D eigenvalue weighted by atomic mass is 10.1. The number of ether oxygens (including phenoxy) is 1. The number of ketones is 2. The molecule has 3 nitrogen and oxygen atoms in total. The Morgan fingerprint density at radius 1 is 0.864 bits per heavy atom. The van der Waals surface area contributed by atoms with Crippen molar-refractivity contribution >= 4 is 11.6 Å². The van der Waals surface area contributed by atoms with Crippen LogP contribution in [-0.4, -0.2) is 17.7 Å². The smallest absolute Gasteiger partial charge is 0.227 e. The number of rotatable bonds is 6. The molecule has 22 heavy (non-hydrogen) atoms. The molecule has 0 N–H and O–H groups in total. The highest BCUT2D eigenvalue weighted by molar-refractivity contribution is 6.14. The zero-order chi connectivity index (χ0) is 15.9. The van der Waals surface area contributed by atoms with E-state index in [0.29, 0.717) is 11.1 Å². The van der Waals surface area contributed by atoms with Crippen LogP contribution in [0.4, 0.5) is 0 Å². The largest absolute Gasteiger partial charge is 0.487 e. The lowest BCUT2D eigenvalue weighted by molar-refractivity contribution is 0.0826. The van der Waals surface area contributed by atoms with E-state index in [9.17, 15) is 9.59 Å². The first kappa shape index (κ1) is 15.7. The molecule has 2 aromatic rings. The van der Waals surface area contributed by atoms with Gasteiger partial charge < -0.3 is 4.74 Å². The quantitative estimate of drug-likeness (QED) is 0.458. The Bertz CT molecular complexity index is 670. The van der Waals surface area contributed by atoms with Crippen molar-refractivity contribution in [2.75, 3.05) is 0 Å². The Labute approximate surface area is 130 Å². The molecule has 0 saturated carbocycles. The predicted molar refractivity (Wildman–Crippen MR) is 85.8 cm³/mol. The minimum Gasteiger partial charge on any atom is -0.487 e. The molecule has 0 fully saturated rings. The molecule has 0 spiro atoms. The van der Waals surface area contributed by atoms with Gasteiger partial charge in [0.2, 0.25) is 5.78 Å². The van der Waals surface area contributed by atoms with Crippen LogP contribution in [0.25, 0.3) is 0 Å². The van der Waals surface area contributed by atoms with Crippen LogP contribution in [0, 0.1) is 0 Å². The molecular formula is C19H18O3. The van der Waals surface area contributed by atoms with Gasteiger partial charge in [-0.05, 0) is 13.8 Å². The monoisotopic (exact) mass is 294 g/mol. The maximum absolute atomic E-state index is 12.5. The number of hydrogen-bond donors (Lipinski definition) is 0. The van der Waals surface area contributed by atoms with Crippen molar-refractivity contribution < 1.29 is 14.3 Å². The molecule has 0 aliphatic heterocycles. The molecule has 0 amide bonds. The van der Waals surface area contributed by atoms with Gasteiger partial charge in [-0.15, -0.1) is 0 Å². The predicted octanol–water partition coefficient (Wildman–Crippen LogP) is 4.06. The summed E-state index contributed by atoms with van der Waals surface area (Å²) in [5.74, 6) is -0.478. The summed E-state index contributed by atoms with van der Waals surface area (Å²) in [6, 6.07) is 17.6. The van der Waals surface area contributed by atoms with Crippen LogP contribution in [0.15, 0.2) is 72.5 Å². The third kappa shape index (κ3) is 4.16. The van der Waals surface area contributed by atoms with E-state index in [2.05, 4.69) is 0 Å². The van der Waals surface area contributed by atoms with Crippen molar-refractivity contribution in [3.8, 4) is 0 Å². The molecule has 0 unspecified atom stereocenters. The van der Waals surface area contributed by atoms with Crippen LogP contribution < -0.4 is 0 Å². The second kappa shape index (κ2) is 7.36. The van der Waals surface area contributed by atoms with E-state index in [0.717, 1.165) is 0 Å². The number of Topliss-reactive ketones (excluding diaryl/α,β-unsaturated/α-hetero) is 1. The van der Waals surface area contributed by atoms with Crippen LogP contribution in [0.5, 0.6) is 0 Å². The lowest BCUT2D eigenvalue weighted by Gasteiger charge is -2.12. The summed E-state index contributed by atoms with van der Waals surface area (Å²) in [7, 11) is 0. The van der Waals surface area contributed by atoms with E-state index >= 15 is 0 Å². The number of carbonyl (C=O) groups is 2. The first-order valence-electron chi connectivity index (χ1n) is 7.15. The van der Waals surface area contributed by atoms with E-state index in [1.807, 2.05) is 26.0 Å². The highest BCUT2D eigenvalue weighted by atomic mass is 16.5. The lowest BCUT2D eigenvalue weighted by Crippen LogP contribution is -2.13. The number of benzene rings is 2. The normalized spacial score (nSPS) is 11.3. The molecule has 2 rings (SSSR count). The minimum atomic E-state index is -0.293. The third-order valence-electron chi connectivity index (χ3n) is 2.94. The van der Waals surface area contributed by atoms with Gasteiger partial charge in [0.1, 0.15) is 0 Å². The average Bonchev–Trinajstić information content (AvgIpc) is 2.54. The van der Waals surface area contributed by atoms with Crippen molar-refractivity contribution in [1.82, 2.24) is 0 Å². The van der Waals surface area contributed by atoms with Crippen LogP contribution >= 0.6 is 0 Å². The van der Waals surface area contributed by atoms with Gasteiger partial charge in [-0.2, -0.15) is 0 Å². The molecule has 0 aromatic heterocycles. The molecule has 0 atom stereocenters. The van der Waals surface area contributed by atoms with Crippen LogP contribution in [-0.2, 0) is 4.74 Å². The Kier molecular flexibility index (Phi) is 5.26. The van der Waals surface area contributed by atoms with E-state index in [-0.39, 0.29) is 23.4 Å². The van der Waals surface area contributed by atoms with Crippen LogP contribution in [0.3, 0.4) is 0 Å². The van der Waals surface area contributed by atoms with Gasteiger partial charge in [0.25, 0.3) is 0 Å². The Hall–Kier alpha value is -2.68. The van der Waals surface area contributed by atoms with Gasteiger partial charge in [0, 0.05) is 17.2 Å². The Balaban J connectivity index is 2.32. The summed E-state index contributed by atoms with van der Waals surface area (Å²) in [4.78, 5) is 24.8. The van der Waals surface area contributed by atoms with Gasteiger partial charge >= 0.3 is 0 Å². The van der Waals surface area contributed by atoms with Crippen molar-refractivity contribution in [1.29, 1.82) is 0 Å². The maximum atomic E-state index is 12.5. The topological polar surface area (TPSA) is 43.4 Å². The Morgan fingerprint density at radius 3 is 1.86 bits per heavy atom. The van der Waals surface area contributed by atoms with Crippen molar-refractivity contribution in [2.24, 2.45) is 0 Å². The summed E-state index contributed by atoms with van der Waals surface area (Å²) in [5.41, 5.74) is 1.02. The zero-order valence-electron chi connectivity index (χ0n) is 12.7. The van der Waals surface area contributed by atoms with E-state index in [1.54, 1.807) is 48.5 Å². The molecule has 0 bridgehead atoms. The van der Waals surface area contributed by atoms with Gasteiger partial charge in [-0.25, -0.2) is 0 Å². The highest BCUT2D eigenvalue weighted by Gasteiger charge is 2.17. The number of allylic oxidation sites excluding steroid dienone is 2. The van der Waals surface area contributed by atoms with Gasteiger partial charge in [0.05, 0.1) is 6.10 Å². The van der Waals surface area contributed by atoms with Crippen LogP contribution in [0.2, 0.25) is 0 Å². The second-order valence-electron chi connectivity index (χ2n) is 5.10. The first-order chi connectivity index (χ1) is 10.6. The molecule has 0 heterocycles. The van der Waals surface area contributed by atoms with Crippen molar-refractivity contribution in [3.63, 3.8) is 0 Å². The van der Waals surface area contributed by atoms with Crippen LogP contribution in [0.1, 0.15) is 34.6 Å². The van der Waals surface area contributed by atoms with Gasteiger partial charge in [-0.3, -0.25) is 9.59 Å². The number of carbonyl (C=O) groups excluding carboxylic acids is 2. The fourth-order valence-electron chi connectivity index (χ4n) is 1.94. The maximum Gasteiger partial charge on any atom is 0.227 e. The zero-order valence-corrected chi connectivity index (χ0v) is 12.7. The van der Waals surface area contributed by atoms with Crippen molar-refractivity contribution in [3.05, 3.63) is 83.6 Å². The molecule has 0 aliphatic carbocycles. The first-order valence-corrected chi connectivity index (χ1v) is 7.15. The van der Waals surface area contributed by atoms with Gasteiger partial charge in [-0.1, -0.05) is 60.7 Å². The molecule has 0 saturated heterocycles. The molecule has 0 aliphatic rings. The fourth-order valence-corrected chi connectivity index (χ4v) is 1.94. The molecular weight excluding hydrogens is 276 g/mol. The summed E-state index contributed by atoms with van der Waals surface area (Å²) in [6.45, 7) is 3.64. The van der Waals surface area contributed by atoms with Gasteiger partial charge in [0.15, 0.2) is 11.5 Å². The molecule has 2 aromatic carbocycles. The standard InChI is InChI=1S/C19H18O3/c1-14(2)22-18(19(21)16-11-7-4-8-12-16)13-17(20)15-9-5-3-6-10-15/h3-14H,1-2H3/b18-13-. The summed E-state index contributed by atoms with van der Waals surface area (Å²) < 4.78 is 5.55. The molecule has 3 heteroatoms.